The summed E-state index contributed by atoms with van der Waals surface area (Å²) in [5.41, 5.74) is -0.913. The van der Waals surface area contributed by atoms with E-state index < -0.39 is 27.4 Å². The highest BCUT2D eigenvalue weighted by molar-refractivity contribution is 7.89. The van der Waals surface area contributed by atoms with Crippen LogP contribution in [0.3, 0.4) is 0 Å². The fourth-order valence-corrected chi connectivity index (χ4v) is 4.85. The Labute approximate surface area is 147 Å². The Morgan fingerprint density at radius 1 is 1.20 bits per heavy atom. The Balaban J connectivity index is 1.75. The smallest absolute Gasteiger partial charge is 0.329 e. The number of rotatable bonds is 5. The summed E-state index contributed by atoms with van der Waals surface area (Å²) in [5, 5.41) is 11.6. The molecule has 1 atom stereocenters. The molecule has 2 fully saturated rings. The van der Waals surface area contributed by atoms with Crippen LogP contribution >= 0.6 is 0 Å². The first-order valence-corrected chi connectivity index (χ1v) is 9.88. The van der Waals surface area contributed by atoms with E-state index >= 15 is 0 Å². The van der Waals surface area contributed by atoms with Crippen LogP contribution in [0, 0.1) is 0 Å². The molecule has 7 nitrogen and oxygen atoms in total. The van der Waals surface area contributed by atoms with Gasteiger partial charge in [0.1, 0.15) is 5.54 Å². The van der Waals surface area contributed by atoms with Crippen LogP contribution in [0.2, 0.25) is 0 Å². The third-order valence-corrected chi connectivity index (χ3v) is 7.01. The van der Waals surface area contributed by atoms with Crippen molar-refractivity contribution in [2.45, 2.75) is 55.5 Å². The van der Waals surface area contributed by atoms with Crippen molar-refractivity contribution in [3.63, 3.8) is 0 Å². The van der Waals surface area contributed by atoms with Crippen molar-refractivity contribution in [2.24, 2.45) is 0 Å². The van der Waals surface area contributed by atoms with Gasteiger partial charge in [-0.3, -0.25) is 4.79 Å². The number of amides is 1. The molecule has 1 saturated heterocycles. The molecule has 1 aliphatic heterocycles. The van der Waals surface area contributed by atoms with Gasteiger partial charge in [-0.05, 0) is 56.9 Å². The predicted molar refractivity (Wildman–Crippen MR) is 90.7 cm³/mol. The van der Waals surface area contributed by atoms with Crippen LogP contribution < -0.4 is 5.32 Å². The summed E-state index contributed by atoms with van der Waals surface area (Å²) in [6, 6.07) is 5.63. The van der Waals surface area contributed by atoms with Crippen LogP contribution in [0.4, 0.5) is 0 Å². The Morgan fingerprint density at radius 3 is 2.36 bits per heavy atom. The second kappa shape index (κ2) is 6.42. The maximum atomic E-state index is 12.8. The molecule has 0 radical (unpaired) electrons. The standard InChI is InChI=1S/C17H22N2O5S/c1-12-4-2-3-11-19(12)25(23,24)14-7-5-13(6-8-14)15(20)18-17(9-10-17)16(21)22/h5-8,12H,2-4,9-11H2,1H3,(H,18,20)(H,21,22). The Morgan fingerprint density at radius 2 is 1.84 bits per heavy atom. The Kier molecular flexibility index (Phi) is 4.59. The highest BCUT2D eigenvalue weighted by Crippen LogP contribution is 2.35. The summed E-state index contributed by atoms with van der Waals surface area (Å²) in [6.45, 7) is 2.41. The third kappa shape index (κ3) is 3.41. The molecular formula is C17H22N2O5S. The molecule has 1 unspecified atom stereocenters. The minimum atomic E-state index is -3.58. The van der Waals surface area contributed by atoms with E-state index in [-0.39, 0.29) is 16.5 Å². The van der Waals surface area contributed by atoms with Gasteiger partial charge in [0.15, 0.2) is 0 Å². The first kappa shape index (κ1) is 17.9. The number of carbonyl (C=O) groups is 2. The molecule has 25 heavy (non-hydrogen) atoms. The molecule has 0 aromatic heterocycles. The van der Waals surface area contributed by atoms with Crippen LogP contribution in [0.15, 0.2) is 29.2 Å². The number of carboxylic acid groups (broad SMARTS) is 1. The number of carbonyl (C=O) groups excluding carboxylic acids is 1. The monoisotopic (exact) mass is 366 g/mol. The fourth-order valence-electron chi connectivity index (χ4n) is 3.15. The summed E-state index contributed by atoms with van der Waals surface area (Å²) in [6.07, 6.45) is 3.54. The normalized spacial score (nSPS) is 23.0. The number of hydrogen-bond acceptors (Lipinski definition) is 4. The fraction of sp³-hybridized carbons (Fsp3) is 0.529. The molecule has 2 N–H and O–H groups in total. The van der Waals surface area contributed by atoms with Crippen molar-refractivity contribution < 1.29 is 23.1 Å². The molecular weight excluding hydrogens is 344 g/mol. The third-order valence-electron chi connectivity index (χ3n) is 4.98. The van der Waals surface area contributed by atoms with Crippen molar-refractivity contribution in [3.8, 4) is 0 Å². The lowest BCUT2D eigenvalue weighted by Crippen LogP contribution is -2.43. The van der Waals surface area contributed by atoms with E-state index in [0.717, 1.165) is 19.3 Å². The van der Waals surface area contributed by atoms with Gasteiger partial charge in [-0.2, -0.15) is 4.31 Å². The lowest BCUT2D eigenvalue weighted by molar-refractivity contribution is -0.140. The Hall–Kier alpha value is -1.93. The van der Waals surface area contributed by atoms with Crippen LogP contribution in [0.25, 0.3) is 0 Å². The van der Waals surface area contributed by atoms with E-state index in [1.165, 1.54) is 28.6 Å². The Bertz CT molecular complexity index is 784. The van der Waals surface area contributed by atoms with Gasteiger partial charge in [-0.15, -0.1) is 0 Å². The second-order valence-corrected chi connectivity index (χ2v) is 8.72. The summed E-state index contributed by atoms with van der Waals surface area (Å²) in [4.78, 5) is 23.5. The molecule has 3 rings (SSSR count). The van der Waals surface area contributed by atoms with Crippen LogP contribution in [-0.2, 0) is 14.8 Å². The molecule has 1 aromatic carbocycles. The van der Waals surface area contributed by atoms with Gasteiger partial charge < -0.3 is 10.4 Å². The van der Waals surface area contributed by atoms with Gasteiger partial charge in [0.25, 0.3) is 5.91 Å². The molecule has 1 saturated carbocycles. The molecule has 1 aromatic rings. The lowest BCUT2D eigenvalue weighted by Gasteiger charge is -2.32. The summed E-state index contributed by atoms with van der Waals surface area (Å²) in [5.74, 6) is -1.55. The van der Waals surface area contributed by atoms with E-state index in [1.807, 2.05) is 6.92 Å². The largest absolute Gasteiger partial charge is 0.480 e. The van der Waals surface area contributed by atoms with Gasteiger partial charge >= 0.3 is 5.97 Å². The predicted octanol–water partition coefficient (Wildman–Crippen LogP) is 1.60. The molecule has 0 spiro atoms. The highest BCUT2D eigenvalue weighted by Gasteiger charge is 2.51. The summed E-state index contributed by atoms with van der Waals surface area (Å²) in [7, 11) is -3.58. The zero-order valence-corrected chi connectivity index (χ0v) is 14.9. The van der Waals surface area contributed by atoms with E-state index in [2.05, 4.69) is 5.32 Å². The molecule has 0 bridgehead atoms. The van der Waals surface area contributed by atoms with Crippen molar-refractivity contribution in [2.75, 3.05) is 6.54 Å². The number of piperidine rings is 1. The minimum Gasteiger partial charge on any atom is -0.480 e. The minimum absolute atomic E-state index is 0.0352. The number of benzene rings is 1. The average molecular weight is 366 g/mol. The number of carboxylic acids is 1. The SMILES string of the molecule is CC1CCCCN1S(=O)(=O)c1ccc(C(=O)NC2(C(=O)O)CC2)cc1. The molecule has 2 aliphatic rings. The highest BCUT2D eigenvalue weighted by atomic mass is 32.2. The zero-order valence-electron chi connectivity index (χ0n) is 14.1. The van der Waals surface area contributed by atoms with Crippen molar-refractivity contribution >= 4 is 21.9 Å². The van der Waals surface area contributed by atoms with E-state index in [0.29, 0.717) is 19.4 Å². The van der Waals surface area contributed by atoms with Gasteiger partial charge in [0.2, 0.25) is 10.0 Å². The number of aliphatic carboxylic acids is 1. The maximum absolute atomic E-state index is 12.8. The van der Waals surface area contributed by atoms with E-state index in [1.54, 1.807) is 0 Å². The second-order valence-electron chi connectivity index (χ2n) is 6.83. The van der Waals surface area contributed by atoms with Gasteiger partial charge in [0, 0.05) is 18.2 Å². The first-order chi connectivity index (χ1) is 11.8. The summed E-state index contributed by atoms with van der Waals surface area (Å²) >= 11 is 0. The number of sulfonamides is 1. The first-order valence-electron chi connectivity index (χ1n) is 8.44. The average Bonchev–Trinajstić information content (AvgIpc) is 3.36. The quantitative estimate of drug-likeness (QED) is 0.824. The number of hydrogen-bond donors (Lipinski definition) is 2. The maximum Gasteiger partial charge on any atom is 0.329 e. The zero-order chi connectivity index (χ0) is 18.2. The molecule has 1 heterocycles. The van der Waals surface area contributed by atoms with Crippen molar-refractivity contribution in [1.82, 2.24) is 9.62 Å². The van der Waals surface area contributed by atoms with Gasteiger partial charge in [-0.25, -0.2) is 13.2 Å². The number of nitrogens with one attached hydrogen (secondary N) is 1. The molecule has 1 aliphatic carbocycles. The van der Waals surface area contributed by atoms with Crippen LogP contribution in [0.5, 0.6) is 0 Å². The van der Waals surface area contributed by atoms with Gasteiger partial charge in [0.05, 0.1) is 4.90 Å². The molecule has 8 heteroatoms. The van der Waals surface area contributed by atoms with Crippen molar-refractivity contribution in [1.29, 1.82) is 0 Å². The van der Waals surface area contributed by atoms with Crippen LogP contribution in [0.1, 0.15) is 49.4 Å². The van der Waals surface area contributed by atoms with Crippen LogP contribution in [-0.4, -0.2) is 47.8 Å². The lowest BCUT2D eigenvalue weighted by atomic mass is 10.1. The van der Waals surface area contributed by atoms with E-state index in [4.69, 9.17) is 5.11 Å². The topological polar surface area (TPSA) is 104 Å². The summed E-state index contributed by atoms with van der Waals surface area (Å²) < 4.78 is 27.0. The number of nitrogens with zero attached hydrogens (tertiary/aromatic N) is 1. The molecule has 136 valence electrons. The van der Waals surface area contributed by atoms with Gasteiger partial charge in [-0.1, -0.05) is 6.42 Å². The molecule has 1 amide bonds. The van der Waals surface area contributed by atoms with E-state index in [9.17, 15) is 18.0 Å². The van der Waals surface area contributed by atoms with Crippen molar-refractivity contribution in [3.05, 3.63) is 29.8 Å².